The molecule has 0 saturated carbocycles. The number of unbranched alkanes of at least 4 members (excludes halogenated alkanes) is 4. The van der Waals surface area contributed by atoms with Crippen molar-refractivity contribution >= 4 is 11.9 Å². The molecule has 238 valence electrons. The number of hydrogen-bond acceptors (Lipinski definition) is 7. The van der Waals surface area contributed by atoms with Crippen LogP contribution in [0.1, 0.15) is 88.6 Å². The summed E-state index contributed by atoms with van der Waals surface area (Å²) in [5.74, 6) is 1.49. The number of allylic oxidation sites excluding steroid dienone is 2. The summed E-state index contributed by atoms with van der Waals surface area (Å²) in [6.45, 7) is 12.9. The minimum absolute atomic E-state index is 0.0328. The largest absolute Gasteiger partial charge is 0.504 e. The Morgan fingerprint density at radius 1 is 0.907 bits per heavy atom. The average Bonchev–Trinajstić information content (AvgIpc) is 3.00. The van der Waals surface area contributed by atoms with Crippen molar-refractivity contribution in [2.45, 2.75) is 79.2 Å². The molecule has 2 N–H and O–H groups in total. The van der Waals surface area contributed by atoms with E-state index in [4.69, 9.17) is 14.2 Å². The predicted octanol–water partition coefficient (Wildman–Crippen LogP) is 6.91. The predicted molar refractivity (Wildman–Crippen MR) is 172 cm³/mol. The summed E-state index contributed by atoms with van der Waals surface area (Å²) in [5, 5.41) is 13.1. The summed E-state index contributed by atoms with van der Waals surface area (Å²) in [6, 6.07) is 12.2. The van der Waals surface area contributed by atoms with Gasteiger partial charge in [0, 0.05) is 19.5 Å². The van der Waals surface area contributed by atoms with E-state index in [2.05, 4.69) is 50.1 Å². The zero-order chi connectivity index (χ0) is 31.3. The maximum atomic E-state index is 12.2. The molecule has 0 heterocycles. The molecule has 0 saturated heterocycles. The van der Waals surface area contributed by atoms with Crippen molar-refractivity contribution < 1.29 is 28.9 Å². The number of benzene rings is 2. The molecule has 0 radical (unpaired) electrons. The highest BCUT2D eigenvalue weighted by Gasteiger charge is 2.09. The molecule has 0 spiro atoms. The van der Waals surface area contributed by atoms with E-state index in [0.29, 0.717) is 55.8 Å². The van der Waals surface area contributed by atoms with Crippen molar-refractivity contribution in [2.75, 3.05) is 39.5 Å². The molecule has 0 bridgehead atoms. The van der Waals surface area contributed by atoms with E-state index in [9.17, 15) is 14.7 Å². The molecule has 8 heteroatoms. The first kappa shape index (κ1) is 35.7. The molecule has 1 amide bonds. The maximum absolute atomic E-state index is 12.2. The molecule has 8 nitrogen and oxygen atoms in total. The summed E-state index contributed by atoms with van der Waals surface area (Å²) in [4.78, 5) is 26.6. The average molecular weight is 597 g/mol. The molecule has 0 fully saturated rings. The Morgan fingerprint density at radius 3 is 2.33 bits per heavy atom. The Kier molecular flexibility index (Phi) is 17.6. The topological polar surface area (TPSA) is 97.3 Å². The lowest BCUT2D eigenvalue weighted by Gasteiger charge is -2.17. The van der Waals surface area contributed by atoms with Gasteiger partial charge in [-0.25, -0.2) is 4.79 Å². The van der Waals surface area contributed by atoms with Crippen LogP contribution in [0, 0.1) is 5.92 Å². The van der Waals surface area contributed by atoms with Crippen LogP contribution in [0.4, 0.5) is 0 Å². The first-order chi connectivity index (χ1) is 20.8. The van der Waals surface area contributed by atoms with E-state index in [-0.39, 0.29) is 17.6 Å². The summed E-state index contributed by atoms with van der Waals surface area (Å²) >= 11 is 0. The monoisotopic (exact) mass is 596 g/mol. The third kappa shape index (κ3) is 15.5. The molecule has 0 aliphatic carbocycles. The van der Waals surface area contributed by atoms with Gasteiger partial charge in [0.05, 0.1) is 18.8 Å². The summed E-state index contributed by atoms with van der Waals surface area (Å²) in [6.07, 6.45) is 10.3. The van der Waals surface area contributed by atoms with Crippen molar-refractivity contribution in [3.05, 3.63) is 65.7 Å². The number of nitrogens with one attached hydrogen (secondary N) is 1. The van der Waals surface area contributed by atoms with Gasteiger partial charge in [0.1, 0.15) is 12.4 Å². The Balaban J connectivity index is 1.59. The number of amides is 1. The Hall–Kier alpha value is -3.52. The van der Waals surface area contributed by atoms with Crippen LogP contribution in [-0.2, 0) is 16.1 Å². The van der Waals surface area contributed by atoms with Gasteiger partial charge in [0.15, 0.2) is 11.5 Å². The highest BCUT2D eigenvalue weighted by molar-refractivity contribution is 5.89. The Morgan fingerprint density at radius 2 is 1.63 bits per heavy atom. The van der Waals surface area contributed by atoms with Crippen LogP contribution in [0.5, 0.6) is 17.2 Å². The van der Waals surface area contributed by atoms with Gasteiger partial charge in [-0.15, -0.1) is 0 Å². The number of hydrogen-bond donors (Lipinski definition) is 2. The van der Waals surface area contributed by atoms with Crippen LogP contribution < -0.4 is 14.8 Å². The van der Waals surface area contributed by atoms with Crippen LogP contribution in [0.25, 0.3) is 0 Å². The van der Waals surface area contributed by atoms with Gasteiger partial charge < -0.3 is 29.5 Å². The van der Waals surface area contributed by atoms with Gasteiger partial charge >= 0.3 is 5.97 Å². The molecule has 0 aromatic heterocycles. The minimum atomic E-state index is -0.323. The van der Waals surface area contributed by atoms with E-state index >= 15 is 0 Å². The molecule has 0 unspecified atom stereocenters. The van der Waals surface area contributed by atoms with Gasteiger partial charge in [-0.3, -0.25) is 4.79 Å². The molecular weight excluding hydrogens is 544 g/mol. The number of carbonyl (C=O) groups excluding carboxylic acids is 2. The SMILES string of the molecule is CCN(CC)CCOC(=O)c1ccc(OCCCCCOc2cc(CNC(=O)CCCC/C=C/C(C)C)ccc2O)cc1. The lowest BCUT2D eigenvalue weighted by Crippen LogP contribution is -2.27. The number of esters is 1. The first-order valence-electron chi connectivity index (χ1n) is 15.8. The number of rotatable bonds is 22. The van der Waals surface area contributed by atoms with Crippen molar-refractivity contribution in [2.24, 2.45) is 5.92 Å². The maximum Gasteiger partial charge on any atom is 0.338 e. The number of phenols is 1. The normalized spacial score (nSPS) is 11.3. The molecular formula is C35H52N2O6. The minimum Gasteiger partial charge on any atom is -0.504 e. The van der Waals surface area contributed by atoms with Gasteiger partial charge in [0.25, 0.3) is 0 Å². The highest BCUT2D eigenvalue weighted by atomic mass is 16.5. The first-order valence-corrected chi connectivity index (χ1v) is 15.8. The van der Waals surface area contributed by atoms with Crippen LogP contribution in [0.3, 0.4) is 0 Å². The summed E-state index contributed by atoms with van der Waals surface area (Å²) in [7, 11) is 0. The number of nitrogens with zero attached hydrogens (tertiary/aromatic N) is 1. The number of likely N-dealkylation sites (N-methyl/N-ethyl adjacent to an activating group) is 1. The smallest absolute Gasteiger partial charge is 0.338 e. The fourth-order valence-corrected chi connectivity index (χ4v) is 4.32. The third-order valence-electron chi connectivity index (χ3n) is 7.00. The van der Waals surface area contributed by atoms with Gasteiger partial charge in [0.2, 0.25) is 5.91 Å². The molecule has 0 aliphatic rings. The van der Waals surface area contributed by atoms with Crippen molar-refractivity contribution in [1.82, 2.24) is 10.2 Å². The van der Waals surface area contributed by atoms with Crippen molar-refractivity contribution in [3.63, 3.8) is 0 Å². The second-order valence-electron chi connectivity index (χ2n) is 10.9. The highest BCUT2D eigenvalue weighted by Crippen LogP contribution is 2.27. The number of aromatic hydroxyl groups is 1. The molecule has 0 aliphatic heterocycles. The van der Waals surface area contributed by atoms with Gasteiger partial charge in [-0.05, 0) is 99.5 Å². The molecule has 2 aromatic rings. The third-order valence-corrected chi connectivity index (χ3v) is 7.00. The van der Waals surface area contributed by atoms with Crippen LogP contribution in [0.15, 0.2) is 54.6 Å². The second-order valence-corrected chi connectivity index (χ2v) is 10.9. The lowest BCUT2D eigenvalue weighted by molar-refractivity contribution is -0.121. The Labute approximate surface area is 258 Å². The number of phenolic OH excluding ortho intramolecular Hbond substituents is 1. The zero-order valence-corrected chi connectivity index (χ0v) is 26.6. The van der Waals surface area contributed by atoms with Gasteiger partial charge in [-0.2, -0.15) is 0 Å². The quantitative estimate of drug-likeness (QED) is 0.0866. The summed E-state index contributed by atoms with van der Waals surface area (Å²) in [5.41, 5.74) is 1.40. The second kappa shape index (κ2) is 21.2. The van der Waals surface area contributed by atoms with E-state index in [1.165, 1.54) is 0 Å². The number of ether oxygens (including phenoxy) is 3. The van der Waals surface area contributed by atoms with E-state index in [1.807, 2.05) is 0 Å². The van der Waals surface area contributed by atoms with E-state index in [0.717, 1.165) is 63.7 Å². The van der Waals surface area contributed by atoms with Crippen LogP contribution in [0.2, 0.25) is 0 Å². The van der Waals surface area contributed by atoms with E-state index in [1.54, 1.807) is 42.5 Å². The molecule has 43 heavy (non-hydrogen) atoms. The Bertz CT molecular complexity index is 1100. The van der Waals surface area contributed by atoms with E-state index < -0.39 is 0 Å². The van der Waals surface area contributed by atoms with Gasteiger partial charge in [-0.1, -0.05) is 45.9 Å². The fraction of sp³-hybridized carbons (Fsp3) is 0.543. The fourth-order valence-electron chi connectivity index (χ4n) is 4.32. The molecule has 2 rings (SSSR count). The van der Waals surface area contributed by atoms with Crippen LogP contribution in [-0.4, -0.2) is 61.3 Å². The standard InChI is InChI=1S/C35H52N2O6/c1-5-37(6-2)22-25-43-35(40)30-17-19-31(20-18-30)41-23-12-9-13-24-42-33-26-29(16-21-32(33)38)27-36-34(39)15-11-8-7-10-14-28(3)4/h10,14,16-21,26,28,38H,5-9,11-13,15,22-25,27H2,1-4H3,(H,36,39)/b14-10+. The molecule has 2 aromatic carbocycles. The van der Waals surface area contributed by atoms with Crippen molar-refractivity contribution in [3.8, 4) is 17.2 Å². The number of carbonyl (C=O) groups is 2. The molecule has 0 atom stereocenters. The van der Waals surface area contributed by atoms with Crippen molar-refractivity contribution in [1.29, 1.82) is 0 Å². The van der Waals surface area contributed by atoms with Crippen LogP contribution >= 0.6 is 0 Å². The lowest BCUT2D eigenvalue weighted by atomic mass is 10.1. The summed E-state index contributed by atoms with van der Waals surface area (Å²) < 4.78 is 17.0. The zero-order valence-electron chi connectivity index (χ0n) is 26.6.